The van der Waals surface area contributed by atoms with E-state index >= 15 is 0 Å². The molecule has 1 atom stereocenters. The number of para-hydroxylation sites is 1. The van der Waals surface area contributed by atoms with Crippen LogP contribution >= 0.6 is 27.7 Å². The Bertz CT molecular complexity index is 656. The lowest BCUT2D eigenvalue weighted by atomic mass is 10.1. The second-order valence-electron chi connectivity index (χ2n) is 4.51. The van der Waals surface area contributed by atoms with Crippen LogP contribution in [-0.2, 0) is 4.79 Å². The number of rotatable bonds is 1. The lowest BCUT2D eigenvalue weighted by molar-refractivity contribution is -0.115. The van der Waals surface area contributed by atoms with Crippen LogP contribution in [0.4, 0.5) is 5.69 Å². The van der Waals surface area contributed by atoms with Gasteiger partial charge in [0.25, 0.3) is 0 Å². The average molecular weight is 334 g/mol. The van der Waals surface area contributed by atoms with Gasteiger partial charge in [-0.25, -0.2) is 0 Å². The molecule has 4 heteroatoms. The number of thioether (sulfide) groups is 1. The van der Waals surface area contributed by atoms with E-state index in [1.165, 1.54) is 5.56 Å². The number of fused-ring (bicyclic) bond motifs is 1. The minimum atomic E-state index is -0.179. The van der Waals surface area contributed by atoms with Crippen molar-refractivity contribution in [2.24, 2.45) is 0 Å². The molecular formula is C15H12BrNOS. The van der Waals surface area contributed by atoms with Gasteiger partial charge >= 0.3 is 0 Å². The highest BCUT2D eigenvalue weighted by atomic mass is 79.9. The first-order valence-electron chi connectivity index (χ1n) is 5.98. The number of aryl methyl sites for hydroxylation is 1. The largest absolute Gasteiger partial charge is 0.323 e. The number of halogens is 1. The molecule has 0 fully saturated rings. The zero-order valence-electron chi connectivity index (χ0n) is 10.3. The molecule has 1 aliphatic heterocycles. The molecule has 2 aromatic carbocycles. The van der Waals surface area contributed by atoms with E-state index in [2.05, 4.69) is 27.3 Å². The Morgan fingerprint density at radius 2 is 2.00 bits per heavy atom. The molecule has 1 amide bonds. The maximum atomic E-state index is 12.3. The van der Waals surface area contributed by atoms with Crippen molar-refractivity contribution < 1.29 is 4.79 Å². The first kappa shape index (κ1) is 12.8. The summed E-state index contributed by atoms with van der Waals surface area (Å²) in [5.41, 5.74) is 3.10. The van der Waals surface area contributed by atoms with Gasteiger partial charge in [-0.2, -0.15) is 0 Å². The fraction of sp³-hybridized carbons (Fsp3) is 0.133. The van der Waals surface area contributed by atoms with Crippen LogP contribution in [0.3, 0.4) is 0 Å². The van der Waals surface area contributed by atoms with Crippen molar-refractivity contribution in [2.75, 3.05) is 5.32 Å². The summed E-state index contributed by atoms with van der Waals surface area (Å²) in [6, 6.07) is 14.1. The standard InChI is InChI=1S/C15H12BrNOS/c1-9-4-2-5-10(8-9)14-15(18)17-13-11(16)6-3-7-12(13)19-14/h2-8,14H,1H3,(H,17,18). The summed E-state index contributed by atoms with van der Waals surface area (Å²) in [6.07, 6.45) is 0. The summed E-state index contributed by atoms with van der Waals surface area (Å²) in [6.45, 7) is 2.04. The molecule has 1 unspecified atom stereocenters. The predicted molar refractivity (Wildman–Crippen MR) is 82.5 cm³/mol. The highest BCUT2D eigenvalue weighted by molar-refractivity contribution is 9.10. The fourth-order valence-electron chi connectivity index (χ4n) is 2.15. The Hall–Kier alpha value is -1.26. The van der Waals surface area contributed by atoms with E-state index in [9.17, 15) is 4.79 Å². The Morgan fingerprint density at radius 3 is 2.79 bits per heavy atom. The summed E-state index contributed by atoms with van der Waals surface area (Å²) in [5, 5.41) is 2.81. The van der Waals surface area contributed by atoms with Crippen LogP contribution in [0, 0.1) is 6.92 Å². The van der Waals surface area contributed by atoms with Crippen LogP contribution in [0.5, 0.6) is 0 Å². The molecule has 0 radical (unpaired) electrons. The molecule has 0 bridgehead atoms. The Labute approximate surface area is 124 Å². The van der Waals surface area contributed by atoms with Crippen molar-refractivity contribution >= 4 is 39.3 Å². The molecule has 0 saturated heterocycles. The number of amides is 1. The van der Waals surface area contributed by atoms with Gasteiger partial charge in [0.1, 0.15) is 5.25 Å². The van der Waals surface area contributed by atoms with Crippen molar-refractivity contribution in [1.29, 1.82) is 0 Å². The monoisotopic (exact) mass is 333 g/mol. The van der Waals surface area contributed by atoms with E-state index in [1.807, 2.05) is 43.3 Å². The molecule has 2 nitrogen and oxygen atoms in total. The summed E-state index contributed by atoms with van der Waals surface area (Å²) < 4.78 is 0.925. The van der Waals surface area contributed by atoms with Crippen LogP contribution < -0.4 is 5.32 Å². The van der Waals surface area contributed by atoms with Crippen LogP contribution in [0.2, 0.25) is 0 Å². The minimum Gasteiger partial charge on any atom is -0.323 e. The average Bonchev–Trinajstić information content (AvgIpc) is 2.39. The fourth-order valence-corrected chi connectivity index (χ4v) is 3.88. The van der Waals surface area contributed by atoms with Gasteiger partial charge in [-0.1, -0.05) is 35.9 Å². The Kier molecular flexibility index (Phi) is 3.37. The molecule has 1 heterocycles. The summed E-state index contributed by atoms with van der Waals surface area (Å²) in [7, 11) is 0. The van der Waals surface area contributed by atoms with Crippen molar-refractivity contribution in [1.82, 2.24) is 0 Å². The quantitative estimate of drug-likeness (QED) is 0.829. The molecule has 96 valence electrons. The van der Waals surface area contributed by atoms with Gasteiger partial charge in [0.15, 0.2) is 0 Å². The zero-order chi connectivity index (χ0) is 13.4. The van der Waals surface area contributed by atoms with E-state index in [0.717, 1.165) is 20.6 Å². The highest BCUT2D eigenvalue weighted by Gasteiger charge is 2.29. The van der Waals surface area contributed by atoms with E-state index in [-0.39, 0.29) is 11.2 Å². The summed E-state index contributed by atoms with van der Waals surface area (Å²) in [5.74, 6) is 0.0370. The zero-order valence-corrected chi connectivity index (χ0v) is 12.7. The summed E-state index contributed by atoms with van der Waals surface area (Å²) in [4.78, 5) is 13.4. The third-order valence-corrected chi connectivity index (χ3v) is 5.03. The van der Waals surface area contributed by atoms with Crippen molar-refractivity contribution in [2.45, 2.75) is 17.1 Å². The van der Waals surface area contributed by atoms with Crippen LogP contribution in [0.15, 0.2) is 51.8 Å². The second-order valence-corrected chi connectivity index (χ2v) is 6.52. The van der Waals surface area contributed by atoms with Crippen molar-refractivity contribution in [3.05, 3.63) is 58.1 Å². The molecule has 0 aromatic heterocycles. The molecule has 1 aliphatic rings. The molecule has 1 N–H and O–H groups in total. The molecule has 19 heavy (non-hydrogen) atoms. The number of nitrogens with one attached hydrogen (secondary N) is 1. The Balaban J connectivity index is 2.00. The van der Waals surface area contributed by atoms with E-state index in [1.54, 1.807) is 11.8 Å². The van der Waals surface area contributed by atoms with Gasteiger partial charge < -0.3 is 5.32 Å². The Morgan fingerprint density at radius 1 is 1.21 bits per heavy atom. The van der Waals surface area contributed by atoms with Crippen LogP contribution in [0.25, 0.3) is 0 Å². The first-order valence-corrected chi connectivity index (χ1v) is 7.65. The van der Waals surface area contributed by atoms with Crippen LogP contribution in [-0.4, -0.2) is 5.91 Å². The first-order chi connectivity index (χ1) is 9.15. The van der Waals surface area contributed by atoms with Gasteiger partial charge in [0.05, 0.1) is 5.69 Å². The third kappa shape index (κ3) is 2.42. The third-order valence-electron chi connectivity index (χ3n) is 3.05. The topological polar surface area (TPSA) is 29.1 Å². The molecule has 0 spiro atoms. The number of carbonyl (C=O) groups excluding carboxylic acids is 1. The van der Waals surface area contributed by atoms with Gasteiger partial charge in [-0.3, -0.25) is 4.79 Å². The minimum absolute atomic E-state index is 0.0370. The summed E-state index contributed by atoms with van der Waals surface area (Å²) >= 11 is 5.07. The van der Waals surface area contributed by atoms with Crippen molar-refractivity contribution in [3.63, 3.8) is 0 Å². The SMILES string of the molecule is Cc1cccc(C2Sc3cccc(Br)c3NC2=O)c1. The van der Waals surface area contributed by atoms with E-state index < -0.39 is 0 Å². The van der Waals surface area contributed by atoms with Gasteiger partial charge in [0, 0.05) is 9.37 Å². The van der Waals surface area contributed by atoms with Crippen molar-refractivity contribution in [3.8, 4) is 0 Å². The lowest BCUT2D eigenvalue weighted by Gasteiger charge is -2.25. The van der Waals surface area contributed by atoms with Gasteiger partial charge in [0.2, 0.25) is 5.91 Å². The maximum Gasteiger partial charge on any atom is 0.242 e. The number of carbonyl (C=O) groups is 1. The predicted octanol–water partition coefficient (Wildman–Crippen LogP) is 4.54. The lowest BCUT2D eigenvalue weighted by Crippen LogP contribution is -2.23. The number of hydrogen-bond acceptors (Lipinski definition) is 2. The number of hydrogen-bond donors (Lipinski definition) is 1. The normalized spacial score (nSPS) is 17.8. The molecular weight excluding hydrogens is 322 g/mol. The molecule has 0 aliphatic carbocycles. The number of benzene rings is 2. The molecule has 3 rings (SSSR count). The highest BCUT2D eigenvalue weighted by Crippen LogP contribution is 2.46. The maximum absolute atomic E-state index is 12.3. The second kappa shape index (κ2) is 5.02. The molecule has 2 aromatic rings. The van der Waals surface area contributed by atoms with E-state index in [4.69, 9.17) is 0 Å². The molecule has 0 saturated carbocycles. The van der Waals surface area contributed by atoms with Gasteiger partial charge in [-0.15, -0.1) is 11.8 Å². The van der Waals surface area contributed by atoms with Crippen LogP contribution in [0.1, 0.15) is 16.4 Å². The van der Waals surface area contributed by atoms with Gasteiger partial charge in [-0.05, 0) is 40.5 Å². The van der Waals surface area contributed by atoms with E-state index in [0.29, 0.717) is 0 Å². The smallest absolute Gasteiger partial charge is 0.242 e. The number of anilines is 1.